The second-order valence-electron chi connectivity index (χ2n) is 7.79. The lowest BCUT2D eigenvalue weighted by Crippen LogP contribution is -2.31. The molecule has 186 valence electrons. The van der Waals surface area contributed by atoms with Crippen LogP contribution in [0.4, 0.5) is 18.0 Å². The van der Waals surface area contributed by atoms with Crippen LogP contribution in [-0.4, -0.2) is 50.3 Å². The largest absolute Gasteiger partial charge is 0.494 e. The third-order valence-corrected chi connectivity index (χ3v) is 5.35. The monoisotopic (exact) mass is 501 g/mol. The fourth-order valence-corrected chi connectivity index (χ4v) is 3.26. The number of nitrogens with one attached hydrogen (secondary N) is 1. The number of ether oxygens (including phenoxy) is 2. The molecule has 1 unspecified atom stereocenters. The van der Waals surface area contributed by atoms with Crippen LogP contribution in [0.2, 0.25) is 5.02 Å². The molecular formula is C23H27ClF3N3O4. The number of halogens is 4. The van der Waals surface area contributed by atoms with Crippen LogP contribution in [0.3, 0.4) is 0 Å². The third-order valence-electron chi connectivity index (χ3n) is 4.93. The van der Waals surface area contributed by atoms with Gasteiger partial charge in [-0.2, -0.15) is 13.2 Å². The van der Waals surface area contributed by atoms with Gasteiger partial charge in [0, 0.05) is 31.6 Å². The highest BCUT2D eigenvalue weighted by Crippen LogP contribution is 2.29. The number of fused-ring (bicyclic) bond motifs is 1. The van der Waals surface area contributed by atoms with E-state index in [4.69, 9.17) is 25.9 Å². The zero-order valence-corrected chi connectivity index (χ0v) is 19.8. The van der Waals surface area contributed by atoms with E-state index in [9.17, 15) is 18.0 Å². The molecular weight excluding hydrogens is 475 g/mol. The highest BCUT2D eigenvalue weighted by molar-refractivity contribution is 6.31. The van der Waals surface area contributed by atoms with Gasteiger partial charge in [-0.05, 0) is 66.9 Å². The maximum atomic E-state index is 11.7. The van der Waals surface area contributed by atoms with Crippen LogP contribution in [0.15, 0.2) is 36.4 Å². The average molecular weight is 502 g/mol. The zero-order chi connectivity index (χ0) is 25.5. The normalized spacial score (nSPS) is 14.9. The van der Waals surface area contributed by atoms with Gasteiger partial charge in [0.05, 0.1) is 6.61 Å². The second-order valence-corrected chi connectivity index (χ2v) is 8.20. The van der Waals surface area contributed by atoms with E-state index < -0.39 is 12.1 Å². The van der Waals surface area contributed by atoms with E-state index in [2.05, 4.69) is 11.1 Å². The topological polar surface area (TPSA) is 93.9 Å². The van der Waals surface area contributed by atoms with E-state index in [0.717, 1.165) is 35.7 Å². The molecule has 2 aromatic carbocycles. The molecule has 7 nitrogen and oxygen atoms in total. The first-order valence-electron chi connectivity index (χ1n) is 10.4. The van der Waals surface area contributed by atoms with Crippen molar-refractivity contribution in [2.75, 3.05) is 27.2 Å². The van der Waals surface area contributed by atoms with Gasteiger partial charge in [0.15, 0.2) is 0 Å². The number of alkyl halides is 3. The van der Waals surface area contributed by atoms with Crippen LogP contribution < -0.4 is 20.5 Å². The van der Waals surface area contributed by atoms with Crippen LogP contribution in [0.25, 0.3) is 0 Å². The van der Waals surface area contributed by atoms with E-state index >= 15 is 0 Å². The molecule has 0 aliphatic carbocycles. The molecule has 3 rings (SSSR count). The van der Waals surface area contributed by atoms with Gasteiger partial charge >= 0.3 is 18.2 Å². The molecule has 0 spiro atoms. The molecule has 3 N–H and O–H groups in total. The van der Waals surface area contributed by atoms with Crippen molar-refractivity contribution < 1.29 is 32.2 Å². The Labute approximate surface area is 201 Å². The molecule has 0 aromatic heterocycles. The Balaban J connectivity index is 0.000000509. The van der Waals surface area contributed by atoms with E-state index in [1.165, 1.54) is 16.0 Å². The molecule has 0 saturated heterocycles. The number of nitrogens with two attached hydrogens (primary N) is 1. The van der Waals surface area contributed by atoms with Crippen LogP contribution in [0.5, 0.6) is 11.5 Å². The Morgan fingerprint density at radius 2 is 1.82 bits per heavy atom. The quantitative estimate of drug-likeness (QED) is 0.633. The molecule has 0 saturated carbocycles. The van der Waals surface area contributed by atoms with Gasteiger partial charge in [-0.15, -0.1) is 0 Å². The van der Waals surface area contributed by atoms with E-state index in [1.54, 1.807) is 14.1 Å². The summed E-state index contributed by atoms with van der Waals surface area (Å²) < 4.78 is 43.4. The number of hydrogen-bond donors (Lipinski definition) is 2. The van der Waals surface area contributed by atoms with Crippen LogP contribution >= 0.6 is 11.6 Å². The number of carbonyl (C=O) groups is 2. The lowest BCUT2D eigenvalue weighted by atomic mass is 9.92. The minimum absolute atomic E-state index is 0.223. The second kappa shape index (κ2) is 11.9. The van der Waals surface area contributed by atoms with E-state index in [-0.39, 0.29) is 12.1 Å². The Morgan fingerprint density at radius 1 is 1.18 bits per heavy atom. The number of benzene rings is 2. The Bertz CT molecular complexity index is 1020. The van der Waals surface area contributed by atoms with Crippen molar-refractivity contribution in [2.45, 2.75) is 32.0 Å². The van der Waals surface area contributed by atoms with Crippen molar-refractivity contribution in [3.05, 3.63) is 58.1 Å². The molecule has 0 radical (unpaired) electrons. The summed E-state index contributed by atoms with van der Waals surface area (Å²) >= 11 is 6.05. The number of carbonyl (C=O) groups excluding carboxylic acids is 2. The fourth-order valence-electron chi connectivity index (χ4n) is 3.14. The summed E-state index contributed by atoms with van der Waals surface area (Å²) in [5.41, 5.74) is 7.27. The first-order valence-corrected chi connectivity index (χ1v) is 10.8. The Kier molecular flexibility index (Phi) is 9.57. The minimum atomic E-state index is -4.86. The standard InChI is InChI=1S/C21H25ClN2O3.C2H2F3NO/c1-14-12-16(5-7-19(14)22)26-11-9-20-18-6-4-17(27-21(25)24(2)3)13-15(18)8-10-23-20;3-2(4,5)1(6)7/h4-7,12-13,20,23H,8-11H2,1-3H3;(H2,6,7). The minimum Gasteiger partial charge on any atom is -0.494 e. The maximum absolute atomic E-state index is 11.7. The van der Waals surface area contributed by atoms with Crippen molar-refractivity contribution in [3.8, 4) is 11.5 Å². The van der Waals surface area contributed by atoms with Gasteiger partial charge < -0.3 is 25.4 Å². The van der Waals surface area contributed by atoms with Crippen LogP contribution in [0, 0.1) is 6.92 Å². The summed E-state index contributed by atoms with van der Waals surface area (Å²) in [5.74, 6) is -0.840. The smallest absolute Gasteiger partial charge is 0.470 e. The number of primary amides is 1. The lowest BCUT2D eigenvalue weighted by Gasteiger charge is -2.27. The van der Waals surface area contributed by atoms with E-state index in [1.807, 2.05) is 43.3 Å². The van der Waals surface area contributed by atoms with Crippen molar-refractivity contribution in [1.82, 2.24) is 10.2 Å². The molecule has 34 heavy (non-hydrogen) atoms. The predicted octanol–water partition coefficient (Wildman–Crippen LogP) is 4.40. The number of rotatable bonds is 5. The first-order chi connectivity index (χ1) is 15.9. The fraction of sp³-hybridized carbons (Fsp3) is 0.391. The average Bonchev–Trinajstić information content (AvgIpc) is 2.76. The third kappa shape index (κ3) is 8.11. The van der Waals surface area contributed by atoms with Crippen molar-refractivity contribution in [1.29, 1.82) is 0 Å². The van der Waals surface area contributed by atoms with Gasteiger partial charge in [-0.3, -0.25) is 4.79 Å². The van der Waals surface area contributed by atoms with Crippen molar-refractivity contribution in [2.24, 2.45) is 5.73 Å². The molecule has 1 aliphatic heterocycles. The predicted molar refractivity (Wildman–Crippen MR) is 122 cm³/mol. The number of hydrogen-bond acceptors (Lipinski definition) is 5. The van der Waals surface area contributed by atoms with Crippen LogP contribution in [0.1, 0.15) is 29.2 Å². The molecule has 1 aliphatic rings. The Morgan fingerprint density at radius 3 is 2.41 bits per heavy atom. The molecule has 0 bridgehead atoms. The van der Waals surface area contributed by atoms with Gasteiger partial charge in [-0.1, -0.05) is 17.7 Å². The van der Waals surface area contributed by atoms with E-state index in [0.29, 0.717) is 12.4 Å². The lowest BCUT2D eigenvalue weighted by molar-refractivity contribution is -0.169. The summed E-state index contributed by atoms with van der Waals surface area (Å²) in [6.07, 6.45) is -3.46. The summed E-state index contributed by atoms with van der Waals surface area (Å²) in [5, 5.41) is 4.29. The van der Waals surface area contributed by atoms with Crippen LogP contribution in [-0.2, 0) is 11.2 Å². The van der Waals surface area contributed by atoms with Crippen molar-refractivity contribution in [3.63, 3.8) is 0 Å². The SMILES string of the molecule is Cc1cc(OCCC2NCCc3cc(OC(=O)N(C)C)ccc32)ccc1Cl.NC(=O)C(F)(F)F. The summed E-state index contributed by atoms with van der Waals surface area (Å²) in [6.45, 7) is 3.47. The Hall–Kier alpha value is -2.98. The summed E-state index contributed by atoms with van der Waals surface area (Å²) in [7, 11) is 3.34. The molecule has 2 aromatic rings. The number of nitrogens with zero attached hydrogens (tertiary/aromatic N) is 1. The van der Waals surface area contributed by atoms with Crippen molar-refractivity contribution >= 4 is 23.6 Å². The zero-order valence-electron chi connectivity index (χ0n) is 19.0. The van der Waals surface area contributed by atoms with Gasteiger partial charge in [0.1, 0.15) is 11.5 Å². The highest BCUT2D eigenvalue weighted by Gasteiger charge is 2.35. The molecule has 0 fully saturated rings. The van der Waals surface area contributed by atoms with Gasteiger partial charge in [-0.25, -0.2) is 4.79 Å². The molecule has 11 heteroatoms. The summed E-state index contributed by atoms with van der Waals surface area (Å²) in [4.78, 5) is 22.3. The maximum Gasteiger partial charge on any atom is 0.470 e. The molecule has 2 amide bonds. The molecule has 1 atom stereocenters. The van der Waals surface area contributed by atoms with Gasteiger partial charge in [0.25, 0.3) is 0 Å². The summed E-state index contributed by atoms with van der Waals surface area (Å²) in [6, 6.07) is 11.8. The number of amides is 2. The highest BCUT2D eigenvalue weighted by atomic mass is 35.5. The number of aryl methyl sites for hydroxylation is 1. The first kappa shape index (κ1) is 27.3. The molecule has 1 heterocycles. The van der Waals surface area contributed by atoms with Gasteiger partial charge in [0.2, 0.25) is 0 Å².